The Balaban J connectivity index is 1.80. The number of nitrogens with zero attached hydrogens (tertiary/aromatic N) is 1. The van der Waals surface area contributed by atoms with E-state index >= 15 is 0 Å². The smallest absolute Gasteiger partial charge is 0.131 e. The molecule has 0 aromatic rings. The standard InChI is InChI=1S/C9H13NO/c1-2-7-9(6-1)11-10-8-4-3-5-8/h6H,1-5,7H2. The molecule has 0 N–H and O–H groups in total. The fourth-order valence-corrected chi connectivity index (χ4v) is 1.27. The SMILES string of the molecule is C1=C(ON=C2CCC2)CCC1. The molecule has 0 aliphatic heterocycles. The summed E-state index contributed by atoms with van der Waals surface area (Å²) in [4.78, 5) is 5.26. The van der Waals surface area contributed by atoms with Gasteiger partial charge in [0.05, 0.1) is 5.71 Å². The van der Waals surface area contributed by atoms with E-state index in [1.165, 1.54) is 25.0 Å². The predicted molar refractivity (Wildman–Crippen MR) is 44.3 cm³/mol. The van der Waals surface area contributed by atoms with Crippen LogP contribution in [0.5, 0.6) is 0 Å². The number of allylic oxidation sites excluding steroid dienone is 2. The van der Waals surface area contributed by atoms with Gasteiger partial charge in [0.1, 0.15) is 5.76 Å². The van der Waals surface area contributed by atoms with Crippen LogP contribution in [0.1, 0.15) is 38.5 Å². The molecule has 0 spiro atoms. The molecule has 0 amide bonds. The Morgan fingerprint density at radius 1 is 1.18 bits per heavy atom. The molecule has 2 aliphatic carbocycles. The largest absolute Gasteiger partial charge is 0.362 e. The summed E-state index contributed by atoms with van der Waals surface area (Å²) in [5.41, 5.74) is 1.23. The van der Waals surface area contributed by atoms with E-state index in [9.17, 15) is 0 Å². The molecule has 0 heterocycles. The quantitative estimate of drug-likeness (QED) is 0.556. The van der Waals surface area contributed by atoms with Crippen molar-refractivity contribution in [1.29, 1.82) is 0 Å². The first-order chi connectivity index (χ1) is 5.45. The highest BCUT2D eigenvalue weighted by atomic mass is 16.6. The Hall–Kier alpha value is -0.790. The zero-order valence-electron chi connectivity index (χ0n) is 6.68. The monoisotopic (exact) mass is 151 g/mol. The molecular weight excluding hydrogens is 138 g/mol. The fourth-order valence-electron chi connectivity index (χ4n) is 1.27. The van der Waals surface area contributed by atoms with Crippen molar-refractivity contribution in [2.75, 3.05) is 0 Å². The van der Waals surface area contributed by atoms with Gasteiger partial charge in [-0.2, -0.15) is 0 Å². The van der Waals surface area contributed by atoms with Gasteiger partial charge in [-0.05, 0) is 38.2 Å². The number of hydrogen-bond acceptors (Lipinski definition) is 2. The zero-order valence-corrected chi connectivity index (χ0v) is 6.68. The lowest BCUT2D eigenvalue weighted by atomic mass is 9.98. The van der Waals surface area contributed by atoms with Crippen molar-refractivity contribution in [3.05, 3.63) is 11.8 Å². The van der Waals surface area contributed by atoms with E-state index < -0.39 is 0 Å². The maximum Gasteiger partial charge on any atom is 0.131 e. The van der Waals surface area contributed by atoms with E-state index in [1.807, 2.05) is 0 Å². The van der Waals surface area contributed by atoms with Crippen molar-refractivity contribution < 1.29 is 4.84 Å². The molecule has 0 unspecified atom stereocenters. The molecule has 0 bridgehead atoms. The highest BCUT2D eigenvalue weighted by Gasteiger charge is 2.11. The average molecular weight is 151 g/mol. The first-order valence-corrected chi connectivity index (χ1v) is 4.37. The molecular formula is C9H13NO. The van der Waals surface area contributed by atoms with Crippen molar-refractivity contribution in [3.63, 3.8) is 0 Å². The summed E-state index contributed by atoms with van der Waals surface area (Å²) in [5.74, 6) is 1.07. The van der Waals surface area contributed by atoms with Crippen LogP contribution in [0, 0.1) is 0 Å². The summed E-state index contributed by atoms with van der Waals surface area (Å²) in [6.45, 7) is 0. The van der Waals surface area contributed by atoms with Crippen LogP contribution in [0.4, 0.5) is 0 Å². The lowest BCUT2D eigenvalue weighted by Gasteiger charge is -2.13. The third-order valence-corrected chi connectivity index (χ3v) is 2.22. The summed E-state index contributed by atoms with van der Waals surface area (Å²) in [5, 5.41) is 4.06. The molecule has 2 heteroatoms. The highest BCUT2D eigenvalue weighted by Crippen LogP contribution is 2.21. The molecule has 0 atom stereocenters. The molecule has 0 radical (unpaired) electrons. The van der Waals surface area contributed by atoms with E-state index in [1.54, 1.807) is 0 Å². The molecule has 0 aromatic carbocycles. The second-order valence-corrected chi connectivity index (χ2v) is 3.17. The van der Waals surface area contributed by atoms with Crippen LogP contribution in [0.2, 0.25) is 0 Å². The Morgan fingerprint density at radius 3 is 2.64 bits per heavy atom. The lowest BCUT2D eigenvalue weighted by molar-refractivity contribution is 0.217. The summed E-state index contributed by atoms with van der Waals surface area (Å²) in [6.07, 6.45) is 9.21. The number of oxime groups is 1. The minimum Gasteiger partial charge on any atom is -0.362 e. The second kappa shape index (κ2) is 3.07. The van der Waals surface area contributed by atoms with Crippen LogP contribution in [-0.2, 0) is 4.84 Å². The van der Waals surface area contributed by atoms with Gasteiger partial charge >= 0.3 is 0 Å². The van der Waals surface area contributed by atoms with Crippen LogP contribution in [0.15, 0.2) is 17.0 Å². The third kappa shape index (κ3) is 1.62. The highest BCUT2D eigenvalue weighted by molar-refractivity contribution is 5.88. The van der Waals surface area contributed by atoms with Gasteiger partial charge in [0.25, 0.3) is 0 Å². The number of rotatable bonds is 2. The van der Waals surface area contributed by atoms with Crippen molar-refractivity contribution in [1.82, 2.24) is 0 Å². The number of hydrogen-bond donors (Lipinski definition) is 0. The minimum atomic E-state index is 1.07. The van der Waals surface area contributed by atoms with Crippen LogP contribution in [0.25, 0.3) is 0 Å². The van der Waals surface area contributed by atoms with Gasteiger partial charge in [0, 0.05) is 6.42 Å². The topological polar surface area (TPSA) is 21.6 Å². The van der Waals surface area contributed by atoms with Gasteiger partial charge in [-0.15, -0.1) is 0 Å². The predicted octanol–water partition coefficient (Wildman–Crippen LogP) is 2.61. The van der Waals surface area contributed by atoms with Crippen LogP contribution >= 0.6 is 0 Å². The molecule has 60 valence electrons. The molecule has 1 saturated carbocycles. The van der Waals surface area contributed by atoms with E-state index in [-0.39, 0.29) is 0 Å². The summed E-state index contributed by atoms with van der Waals surface area (Å²) in [7, 11) is 0. The van der Waals surface area contributed by atoms with Crippen LogP contribution in [-0.4, -0.2) is 5.71 Å². The molecule has 11 heavy (non-hydrogen) atoms. The van der Waals surface area contributed by atoms with Gasteiger partial charge in [-0.3, -0.25) is 0 Å². The zero-order chi connectivity index (χ0) is 7.52. The molecule has 0 aromatic heterocycles. The van der Waals surface area contributed by atoms with Gasteiger partial charge in [-0.25, -0.2) is 0 Å². The Kier molecular flexibility index (Phi) is 1.93. The molecule has 2 nitrogen and oxygen atoms in total. The van der Waals surface area contributed by atoms with E-state index in [0.29, 0.717) is 0 Å². The van der Waals surface area contributed by atoms with Gasteiger partial charge in [-0.1, -0.05) is 5.16 Å². The van der Waals surface area contributed by atoms with Crippen molar-refractivity contribution >= 4 is 5.71 Å². The Bertz CT molecular complexity index is 200. The molecule has 2 rings (SSSR count). The van der Waals surface area contributed by atoms with Crippen LogP contribution in [0.3, 0.4) is 0 Å². The van der Waals surface area contributed by atoms with Crippen molar-refractivity contribution in [3.8, 4) is 0 Å². The molecule has 1 fully saturated rings. The van der Waals surface area contributed by atoms with Crippen LogP contribution < -0.4 is 0 Å². The summed E-state index contributed by atoms with van der Waals surface area (Å²) < 4.78 is 0. The van der Waals surface area contributed by atoms with Crippen molar-refractivity contribution in [2.24, 2.45) is 5.16 Å². The Morgan fingerprint density at radius 2 is 2.09 bits per heavy atom. The third-order valence-electron chi connectivity index (χ3n) is 2.22. The van der Waals surface area contributed by atoms with E-state index in [0.717, 1.165) is 25.0 Å². The van der Waals surface area contributed by atoms with E-state index in [2.05, 4.69) is 11.2 Å². The average Bonchev–Trinajstić information content (AvgIpc) is 2.36. The van der Waals surface area contributed by atoms with Gasteiger partial charge in [0.15, 0.2) is 0 Å². The first kappa shape index (κ1) is 6.89. The maximum absolute atomic E-state index is 5.26. The first-order valence-electron chi connectivity index (χ1n) is 4.37. The van der Waals surface area contributed by atoms with Gasteiger partial charge < -0.3 is 4.84 Å². The summed E-state index contributed by atoms with van der Waals surface area (Å²) >= 11 is 0. The molecule has 2 aliphatic rings. The molecule has 0 saturated heterocycles. The summed E-state index contributed by atoms with van der Waals surface area (Å²) in [6, 6.07) is 0. The Labute approximate surface area is 66.9 Å². The lowest BCUT2D eigenvalue weighted by Crippen LogP contribution is -2.09. The van der Waals surface area contributed by atoms with Crippen molar-refractivity contribution in [2.45, 2.75) is 38.5 Å². The van der Waals surface area contributed by atoms with E-state index in [4.69, 9.17) is 4.84 Å². The maximum atomic E-state index is 5.26. The van der Waals surface area contributed by atoms with Gasteiger partial charge in [0.2, 0.25) is 0 Å². The fraction of sp³-hybridized carbons (Fsp3) is 0.667. The normalized spacial score (nSPS) is 22.5. The minimum absolute atomic E-state index is 1.07. The second-order valence-electron chi connectivity index (χ2n) is 3.17.